The third kappa shape index (κ3) is 30.9. The second kappa shape index (κ2) is 36.6. The number of allylic oxidation sites excluding steroid dienone is 13. The van der Waals surface area contributed by atoms with Crippen molar-refractivity contribution in [2.24, 2.45) is 17.6 Å². The van der Waals surface area contributed by atoms with Gasteiger partial charge < -0.3 is 35.4 Å². The molecule has 0 aromatic rings. The third-order valence-electron chi connectivity index (χ3n) is 10.0. The summed E-state index contributed by atoms with van der Waals surface area (Å²) in [6.45, 7) is 2.25. The Balaban J connectivity index is 2.52. The van der Waals surface area contributed by atoms with Gasteiger partial charge in [0.05, 0.1) is 25.4 Å². The zero-order chi connectivity index (χ0) is 46.6. The molecule has 1 aliphatic carbocycles. The van der Waals surface area contributed by atoms with Gasteiger partial charge in [0.2, 0.25) is 0 Å². The number of carboxylic acids is 1. The van der Waals surface area contributed by atoms with Crippen molar-refractivity contribution >= 4 is 31.5 Å². The molecule has 14 nitrogen and oxygen atoms in total. The molecule has 1 fully saturated rings. The summed E-state index contributed by atoms with van der Waals surface area (Å²) in [5.41, 5.74) is 5.33. The maximum atomic E-state index is 12.8. The first-order valence-corrected chi connectivity index (χ1v) is 24.2. The van der Waals surface area contributed by atoms with Crippen LogP contribution in [0.3, 0.4) is 0 Å². The molecule has 63 heavy (non-hydrogen) atoms. The van der Waals surface area contributed by atoms with Crippen LogP contribution in [0.25, 0.3) is 0 Å². The summed E-state index contributed by atoms with van der Waals surface area (Å²) in [5, 5.41) is 29.7. The number of phosphoric acid groups is 1. The van der Waals surface area contributed by atoms with Gasteiger partial charge in [-0.05, 0) is 70.1 Å². The molecule has 7 atom stereocenters. The third-order valence-corrected chi connectivity index (χ3v) is 11.0. The summed E-state index contributed by atoms with van der Waals surface area (Å²) < 4.78 is 32.6. The van der Waals surface area contributed by atoms with Gasteiger partial charge >= 0.3 is 25.7 Å². The van der Waals surface area contributed by atoms with E-state index in [1.165, 1.54) is 0 Å². The zero-order valence-corrected chi connectivity index (χ0v) is 38.5. The number of hydrogen-bond donors (Lipinski definition) is 5. The van der Waals surface area contributed by atoms with Crippen LogP contribution in [0.5, 0.6) is 0 Å². The van der Waals surface area contributed by atoms with Crippen LogP contribution < -0.4 is 5.73 Å². The first-order chi connectivity index (χ1) is 30.3. The number of hydrogen-bond acceptors (Lipinski definition) is 12. The van der Waals surface area contributed by atoms with E-state index >= 15 is 0 Å². The van der Waals surface area contributed by atoms with E-state index < -0.39 is 75.8 Å². The van der Waals surface area contributed by atoms with Crippen molar-refractivity contribution in [3.8, 4) is 0 Å². The summed E-state index contributed by atoms with van der Waals surface area (Å²) in [7, 11) is -4.81. The molecule has 0 amide bonds. The maximum Gasteiger partial charge on any atom is 0.472 e. The number of Topliss-reactive ketones (excluding diaryl/α,β-unsaturated/α-hetero) is 1. The fourth-order valence-corrected chi connectivity index (χ4v) is 7.24. The Labute approximate surface area is 375 Å². The minimum absolute atomic E-state index is 0.000295. The molecule has 1 aliphatic rings. The van der Waals surface area contributed by atoms with E-state index in [0.29, 0.717) is 38.5 Å². The lowest BCUT2D eigenvalue weighted by Crippen LogP contribution is -2.34. The fourth-order valence-electron chi connectivity index (χ4n) is 6.46. The second-order valence-electron chi connectivity index (χ2n) is 15.6. The number of esters is 2. The molecule has 15 heteroatoms. The number of carbonyl (C=O) groups excluding carboxylic acids is 3. The minimum atomic E-state index is -4.81. The van der Waals surface area contributed by atoms with Crippen molar-refractivity contribution in [2.75, 3.05) is 19.8 Å². The number of rotatable bonds is 37. The van der Waals surface area contributed by atoms with E-state index in [2.05, 4.69) is 73.1 Å². The van der Waals surface area contributed by atoms with Gasteiger partial charge in [-0.2, -0.15) is 0 Å². The number of aliphatic hydroxyl groups excluding tert-OH is 2. The Bertz CT molecular complexity index is 1550. The average Bonchev–Trinajstić information content (AvgIpc) is 3.52. The first-order valence-electron chi connectivity index (χ1n) is 22.7. The van der Waals surface area contributed by atoms with Crippen LogP contribution in [0.15, 0.2) is 85.1 Å². The molecule has 1 saturated carbocycles. The van der Waals surface area contributed by atoms with Crippen LogP contribution in [0.4, 0.5) is 0 Å². The molecular formula is C48H76NO13P. The molecule has 0 aliphatic heterocycles. The van der Waals surface area contributed by atoms with Crippen molar-refractivity contribution in [1.29, 1.82) is 0 Å². The molecular weight excluding hydrogens is 829 g/mol. The Morgan fingerprint density at radius 2 is 1.33 bits per heavy atom. The highest BCUT2D eigenvalue weighted by Gasteiger charge is 2.39. The Kier molecular flexibility index (Phi) is 33.2. The standard InChI is InChI=1S/C48H76NO13P/c1-3-5-7-8-9-10-11-12-13-14-15-16-17-18-19-20-21-22-27-31-46(53)59-36-40(37-60-63(57,58)61-38-43(49)48(55)56)62-47(54)32-28-24-23-26-30-41-42(45(52)35-44(41)51)34-33-39(50)29-25-6-4-2/h5,7,9-10,12-13,15-16,18-19,21-22,33-34,39-44,50-51H,3-4,6,8,11,14,17,20,23-32,35-38,49H2,1-2H3,(H,55,56)(H,57,58)/b7-5-,10-9-,13-12-,16-15-,19-18-,22-21-,34-33+/t39-,40+,41+,42+,43-,44-/m0/s1. The minimum Gasteiger partial charge on any atom is -0.480 e. The summed E-state index contributed by atoms with van der Waals surface area (Å²) in [6.07, 6.45) is 38.6. The number of aliphatic carboxylic acids is 1. The molecule has 0 aromatic heterocycles. The molecule has 0 spiro atoms. The van der Waals surface area contributed by atoms with E-state index in [-0.39, 0.29) is 31.0 Å². The zero-order valence-electron chi connectivity index (χ0n) is 37.6. The van der Waals surface area contributed by atoms with E-state index in [9.17, 15) is 38.8 Å². The highest BCUT2D eigenvalue weighted by Crippen LogP contribution is 2.43. The SMILES string of the molecule is CC/C=C\C/C=C\C/C=C\C/C=C\C/C=C\C/C=C\CCC(=O)OC[C@H](COP(=O)(O)OC[C@H](N)C(=O)O)OC(=O)CCCCCC[C@H]1[C@@H](O)CC(=O)[C@@H]1/C=C/[C@@H](O)CCCCC. The van der Waals surface area contributed by atoms with Crippen molar-refractivity contribution in [3.63, 3.8) is 0 Å². The molecule has 1 rings (SSSR count). The molecule has 356 valence electrons. The predicted octanol–water partition coefficient (Wildman–Crippen LogP) is 8.87. The smallest absolute Gasteiger partial charge is 0.472 e. The van der Waals surface area contributed by atoms with Crippen molar-refractivity contribution < 1.29 is 62.5 Å². The number of aliphatic hydroxyl groups is 2. The molecule has 0 heterocycles. The highest BCUT2D eigenvalue weighted by atomic mass is 31.2. The summed E-state index contributed by atoms with van der Waals surface area (Å²) in [4.78, 5) is 58.8. The van der Waals surface area contributed by atoms with Crippen LogP contribution in [0.1, 0.15) is 136 Å². The summed E-state index contributed by atoms with van der Waals surface area (Å²) in [6, 6.07) is -1.58. The van der Waals surface area contributed by atoms with Crippen molar-refractivity contribution in [2.45, 2.75) is 160 Å². The topological polar surface area (TPSA) is 229 Å². The number of phosphoric ester groups is 1. The molecule has 6 N–H and O–H groups in total. The largest absolute Gasteiger partial charge is 0.480 e. The first kappa shape index (κ1) is 57.3. The van der Waals surface area contributed by atoms with Gasteiger partial charge in [0.25, 0.3) is 0 Å². The van der Waals surface area contributed by atoms with Gasteiger partial charge in [0.1, 0.15) is 18.4 Å². The van der Waals surface area contributed by atoms with Gasteiger partial charge in [0.15, 0.2) is 6.10 Å². The van der Waals surface area contributed by atoms with Gasteiger partial charge in [0, 0.05) is 25.2 Å². The molecule has 0 bridgehead atoms. The Morgan fingerprint density at radius 3 is 1.92 bits per heavy atom. The number of carboxylic acid groups (broad SMARTS) is 1. The lowest BCUT2D eigenvalue weighted by atomic mass is 9.88. The molecule has 0 radical (unpaired) electrons. The normalized spacial score (nSPS) is 19.7. The predicted molar refractivity (Wildman–Crippen MR) is 245 cm³/mol. The van der Waals surface area contributed by atoms with E-state index in [0.717, 1.165) is 64.2 Å². The lowest BCUT2D eigenvalue weighted by molar-refractivity contribution is -0.161. The second-order valence-corrected chi connectivity index (χ2v) is 17.0. The Hall–Kier alpha value is -3.75. The summed E-state index contributed by atoms with van der Waals surface area (Å²) >= 11 is 0. The maximum absolute atomic E-state index is 12.8. The van der Waals surface area contributed by atoms with E-state index in [1.54, 1.807) is 12.2 Å². The van der Waals surface area contributed by atoms with Crippen molar-refractivity contribution in [1.82, 2.24) is 0 Å². The summed E-state index contributed by atoms with van der Waals surface area (Å²) in [5.74, 6) is -3.39. The number of ketones is 1. The monoisotopic (exact) mass is 906 g/mol. The number of nitrogens with two attached hydrogens (primary N) is 1. The number of ether oxygens (including phenoxy) is 2. The van der Waals surface area contributed by atoms with Crippen LogP contribution in [0, 0.1) is 11.8 Å². The number of carbonyl (C=O) groups is 4. The van der Waals surface area contributed by atoms with Crippen LogP contribution in [-0.4, -0.2) is 88.1 Å². The van der Waals surface area contributed by atoms with Gasteiger partial charge in [-0.25, -0.2) is 4.57 Å². The van der Waals surface area contributed by atoms with Crippen LogP contribution in [0.2, 0.25) is 0 Å². The van der Waals surface area contributed by atoms with Gasteiger partial charge in [-0.3, -0.25) is 28.2 Å². The Morgan fingerprint density at radius 1 is 0.762 bits per heavy atom. The van der Waals surface area contributed by atoms with Crippen LogP contribution >= 0.6 is 7.82 Å². The average molecular weight is 906 g/mol. The fraction of sp³-hybridized carbons (Fsp3) is 0.625. The van der Waals surface area contributed by atoms with Gasteiger partial charge in [-0.15, -0.1) is 0 Å². The molecule has 1 unspecified atom stereocenters. The van der Waals surface area contributed by atoms with Crippen molar-refractivity contribution in [3.05, 3.63) is 85.1 Å². The molecule has 0 saturated heterocycles. The number of unbranched alkanes of at least 4 members (excludes halogenated alkanes) is 5. The van der Waals surface area contributed by atoms with Crippen LogP contribution in [-0.2, 0) is 42.3 Å². The van der Waals surface area contributed by atoms with Gasteiger partial charge in [-0.1, -0.05) is 137 Å². The highest BCUT2D eigenvalue weighted by molar-refractivity contribution is 7.47. The lowest BCUT2D eigenvalue weighted by Gasteiger charge is -2.20. The van der Waals surface area contributed by atoms with E-state index in [1.807, 2.05) is 18.2 Å². The molecule has 0 aromatic carbocycles. The van der Waals surface area contributed by atoms with E-state index in [4.69, 9.17) is 24.8 Å². The quantitative estimate of drug-likeness (QED) is 0.0170.